The fraction of sp³-hybridized carbons (Fsp3) is 0.400. The molecule has 1 aliphatic rings. The number of morpholine rings is 1. The summed E-state index contributed by atoms with van der Waals surface area (Å²) in [5, 5.41) is 8.33. The van der Waals surface area contributed by atoms with Crippen molar-refractivity contribution in [3.63, 3.8) is 0 Å². The van der Waals surface area contributed by atoms with Crippen LogP contribution in [0.15, 0.2) is 40.9 Å². The predicted octanol–water partition coefficient (Wildman–Crippen LogP) is 2.98. The Bertz CT molecular complexity index is 884. The van der Waals surface area contributed by atoms with Crippen molar-refractivity contribution in [2.75, 3.05) is 26.4 Å². The van der Waals surface area contributed by atoms with Crippen LogP contribution >= 0.6 is 0 Å². The average molecular weight is 369 g/mol. The number of esters is 1. The number of H-pyrrole nitrogens is 1. The third-order valence-electron chi connectivity index (χ3n) is 4.82. The molecule has 0 saturated carbocycles. The Morgan fingerprint density at radius 2 is 2.30 bits per heavy atom. The van der Waals surface area contributed by atoms with Crippen LogP contribution in [0.25, 0.3) is 22.4 Å². The Morgan fingerprint density at radius 3 is 3.15 bits per heavy atom. The lowest BCUT2D eigenvalue weighted by Crippen LogP contribution is -2.46. The van der Waals surface area contributed by atoms with Gasteiger partial charge in [0.1, 0.15) is 11.3 Å². The number of hydrogen-bond donors (Lipinski definition) is 1. The number of hydrogen-bond acceptors (Lipinski definition) is 6. The second-order valence-corrected chi connectivity index (χ2v) is 6.63. The van der Waals surface area contributed by atoms with Crippen molar-refractivity contribution in [3.05, 3.63) is 42.1 Å². The Labute approximate surface area is 157 Å². The van der Waals surface area contributed by atoms with Crippen molar-refractivity contribution >= 4 is 16.9 Å². The number of furan rings is 1. The molecule has 3 aromatic rings. The summed E-state index contributed by atoms with van der Waals surface area (Å²) in [6.45, 7) is 4.81. The number of rotatable bonds is 6. The molecule has 1 N–H and O–H groups in total. The normalized spacial score (nSPS) is 18.0. The molecule has 7 nitrogen and oxygen atoms in total. The molecule has 3 heterocycles. The zero-order valence-electron chi connectivity index (χ0n) is 15.3. The van der Waals surface area contributed by atoms with Crippen LogP contribution in [0.1, 0.15) is 18.9 Å². The quantitative estimate of drug-likeness (QED) is 0.673. The van der Waals surface area contributed by atoms with Gasteiger partial charge in [0, 0.05) is 30.1 Å². The molecular formula is C20H23N3O4. The molecule has 1 atom stereocenters. The van der Waals surface area contributed by atoms with E-state index in [2.05, 4.69) is 15.1 Å². The van der Waals surface area contributed by atoms with E-state index < -0.39 is 0 Å². The summed E-state index contributed by atoms with van der Waals surface area (Å²) in [4.78, 5) is 14.2. The van der Waals surface area contributed by atoms with Crippen LogP contribution < -0.4 is 0 Å². The van der Waals surface area contributed by atoms with Gasteiger partial charge >= 0.3 is 5.97 Å². The van der Waals surface area contributed by atoms with Crippen molar-refractivity contribution in [1.29, 1.82) is 0 Å². The van der Waals surface area contributed by atoms with Crippen molar-refractivity contribution in [3.8, 4) is 11.5 Å². The Balaban J connectivity index is 1.53. The van der Waals surface area contributed by atoms with Crippen LogP contribution in [0.5, 0.6) is 0 Å². The van der Waals surface area contributed by atoms with Gasteiger partial charge in [0.05, 0.1) is 32.4 Å². The van der Waals surface area contributed by atoms with Gasteiger partial charge in [-0.1, -0.05) is 18.2 Å². The first-order valence-electron chi connectivity index (χ1n) is 9.23. The largest absolute Gasteiger partial charge is 0.466 e. The molecular weight excluding hydrogens is 346 g/mol. The molecule has 1 aliphatic heterocycles. The second-order valence-electron chi connectivity index (χ2n) is 6.63. The van der Waals surface area contributed by atoms with Gasteiger partial charge in [-0.15, -0.1) is 0 Å². The standard InChI is InChI=1S/C20H23N3O4/c1-2-26-19(24)10-16-13-25-8-7-23(16)12-15-11-21-22-20(15)18-9-14-5-3-4-6-17(14)27-18/h3-6,9,11,16H,2,7-8,10,12-13H2,1H3,(H,21,22)/t16-/m1/s1. The van der Waals surface area contributed by atoms with Crippen LogP contribution in [0.4, 0.5) is 0 Å². The lowest BCUT2D eigenvalue weighted by Gasteiger charge is -2.34. The van der Waals surface area contributed by atoms with Crippen LogP contribution in [0.3, 0.4) is 0 Å². The van der Waals surface area contributed by atoms with Crippen molar-refractivity contribution < 1.29 is 18.7 Å². The van der Waals surface area contributed by atoms with Crippen molar-refractivity contribution in [2.45, 2.75) is 25.9 Å². The molecule has 0 bridgehead atoms. The summed E-state index contributed by atoms with van der Waals surface area (Å²) in [6.07, 6.45) is 2.14. The molecule has 0 aliphatic carbocycles. The summed E-state index contributed by atoms with van der Waals surface area (Å²) in [5.41, 5.74) is 2.75. The van der Waals surface area contributed by atoms with Gasteiger partial charge in [0.15, 0.2) is 5.76 Å². The Hall–Kier alpha value is -2.64. The van der Waals surface area contributed by atoms with Crippen LogP contribution in [-0.4, -0.2) is 53.5 Å². The van der Waals surface area contributed by atoms with E-state index in [-0.39, 0.29) is 12.0 Å². The number of ether oxygens (including phenoxy) is 2. The molecule has 0 amide bonds. The zero-order valence-corrected chi connectivity index (χ0v) is 15.3. The van der Waals surface area contributed by atoms with Crippen LogP contribution in [0, 0.1) is 0 Å². The van der Waals surface area contributed by atoms with E-state index in [4.69, 9.17) is 13.9 Å². The molecule has 0 radical (unpaired) electrons. The monoisotopic (exact) mass is 369 g/mol. The minimum Gasteiger partial charge on any atom is -0.466 e. The molecule has 0 spiro atoms. The summed E-state index contributed by atoms with van der Waals surface area (Å²) in [7, 11) is 0. The summed E-state index contributed by atoms with van der Waals surface area (Å²) >= 11 is 0. The molecule has 4 rings (SSSR count). The number of aromatic nitrogens is 2. The molecule has 27 heavy (non-hydrogen) atoms. The topological polar surface area (TPSA) is 80.6 Å². The summed E-state index contributed by atoms with van der Waals surface area (Å²) in [6, 6.07) is 9.93. The molecule has 142 valence electrons. The van der Waals surface area contributed by atoms with E-state index in [1.807, 2.05) is 43.5 Å². The average Bonchev–Trinajstić information content (AvgIpc) is 3.29. The molecule has 7 heteroatoms. The minimum absolute atomic E-state index is 0.00350. The highest BCUT2D eigenvalue weighted by atomic mass is 16.5. The smallest absolute Gasteiger partial charge is 0.307 e. The fourth-order valence-corrected chi connectivity index (χ4v) is 3.47. The van der Waals surface area contributed by atoms with E-state index in [9.17, 15) is 4.79 Å². The number of benzene rings is 1. The van der Waals surface area contributed by atoms with E-state index in [0.717, 1.165) is 34.5 Å². The van der Waals surface area contributed by atoms with Crippen molar-refractivity contribution in [2.24, 2.45) is 0 Å². The van der Waals surface area contributed by atoms with Gasteiger partial charge in [0.25, 0.3) is 0 Å². The molecule has 1 fully saturated rings. The molecule has 0 unspecified atom stereocenters. The first-order valence-corrected chi connectivity index (χ1v) is 9.23. The Kier molecular flexibility index (Phi) is 5.22. The minimum atomic E-state index is -0.192. The first-order chi connectivity index (χ1) is 13.2. The number of fused-ring (bicyclic) bond motifs is 1. The van der Waals surface area contributed by atoms with Crippen LogP contribution in [0.2, 0.25) is 0 Å². The van der Waals surface area contributed by atoms with Gasteiger partial charge in [-0.2, -0.15) is 5.10 Å². The maximum absolute atomic E-state index is 11.9. The maximum atomic E-state index is 11.9. The zero-order chi connectivity index (χ0) is 18.6. The second kappa shape index (κ2) is 7.94. The van der Waals surface area contributed by atoms with Gasteiger partial charge in [-0.25, -0.2) is 0 Å². The van der Waals surface area contributed by atoms with Gasteiger partial charge in [0.2, 0.25) is 0 Å². The highest BCUT2D eigenvalue weighted by molar-refractivity contribution is 5.82. The van der Waals surface area contributed by atoms with E-state index in [0.29, 0.717) is 32.8 Å². The highest BCUT2D eigenvalue weighted by Crippen LogP contribution is 2.29. The number of carbonyl (C=O) groups excluding carboxylic acids is 1. The molecule has 2 aromatic heterocycles. The molecule has 1 aromatic carbocycles. The number of nitrogens with one attached hydrogen (secondary N) is 1. The fourth-order valence-electron chi connectivity index (χ4n) is 3.47. The number of carbonyl (C=O) groups is 1. The van der Waals surface area contributed by atoms with E-state index >= 15 is 0 Å². The maximum Gasteiger partial charge on any atom is 0.307 e. The van der Waals surface area contributed by atoms with Crippen LogP contribution in [-0.2, 0) is 20.8 Å². The van der Waals surface area contributed by atoms with Crippen molar-refractivity contribution in [1.82, 2.24) is 15.1 Å². The highest BCUT2D eigenvalue weighted by Gasteiger charge is 2.27. The lowest BCUT2D eigenvalue weighted by molar-refractivity contribution is -0.146. The van der Waals surface area contributed by atoms with Gasteiger partial charge in [-0.05, 0) is 19.1 Å². The Morgan fingerprint density at radius 1 is 1.41 bits per heavy atom. The first kappa shape index (κ1) is 17.8. The summed E-state index contributed by atoms with van der Waals surface area (Å²) < 4.78 is 16.7. The lowest BCUT2D eigenvalue weighted by atomic mass is 10.1. The summed E-state index contributed by atoms with van der Waals surface area (Å²) in [5.74, 6) is 0.571. The number of para-hydroxylation sites is 1. The van der Waals surface area contributed by atoms with E-state index in [1.165, 1.54) is 0 Å². The number of aromatic amines is 1. The van der Waals surface area contributed by atoms with Gasteiger partial charge in [-0.3, -0.25) is 14.8 Å². The number of nitrogens with zero attached hydrogens (tertiary/aromatic N) is 2. The third-order valence-corrected chi connectivity index (χ3v) is 4.82. The van der Waals surface area contributed by atoms with E-state index in [1.54, 1.807) is 0 Å². The SMILES string of the molecule is CCOC(=O)C[C@@H]1COCCN1Cc1cn[nH]c1-c1cc2ccccc2o1. The third kappa shape index (κ3) is 3.89. The predicted molar refractivity (Wildman–Crippen MR) is 100 cm³/mol. The van der Waals surface area contributed by atoms with Gasteiger partial charge < -0.3 is 13.9 Å². The molecule has 1 saturated heterocycles.